The molecule has 0 bridgehead atoms. The number of carboxylic acid groups (broad SMARTS) is 1. The highest BCUT2D eigenvalue weighted by atomic mass is 16.5. The molecule has 1 aliphatic rings. The zero-order valence-electron chi connectivity index (χ0n) is 14.6. The molecule has 0 radical (unpaired) electrons. The van der Waals surface area contributed by atoms with Gasteiger partial charge < -0.3 is 9.84 Å². The van der Waals surface area contributed by atoms with Crippen molar-refractivity contribution in [3.05, 3.63) is 53.1 Å². The summed E-state index contributed by atoms with van der Waals surface area (Å²) in [6, 6.07) is 6.29. The Labute approximate surface area is 147 Å². The first-order chi connectivity index (χ1) is 12.0. The van der Waals surface area contributed by atoms with E-state index in [0.29, 0.717) is 6.54 Å². The molecule has 1 aromatic carbocycles. The normalized spacial score (nSPS) is 15.9. The number of ether oxygens (including phenoxy) is 1. The van der Waals surface area contributed by atoms with Crippen molar-refractivity contribution in [3.63, 3.8) is 0 Å². The van der Waals surface area contributed by atoms with Crippen LogP contribution >= 0.6 is 0 Å². The lowest BCUT2D eigenvalue weighted by atomic mass is 10.1. The molecule has 0 unspecified atom stereocenters. The Bertz CT molecular complexity index is 738. The number of aryl methyl sites for hydroxylation is 2. The molecule has 1 aliphatic heterocycles. The first-order valence-electron chi connectivity index (χ1n) is 8.52. The Hall–Kier alpha value is -2.47. The minimum absolute atomic E-state index is 0.0237. The summed E-state index contributed by atoms with van der Waals surface area (Å²) in [5.41, 5.74) is 3.14. The van der Waals surface area contributed by atoms with Gasteiger partial charge in [-0.05, 0) is 43.9 Å². The van der Waals surface area contributed by atoms with Gasteiger partial charge in [-0.25, -0.2) is 9.78 Å². The van der Waals surface area contributed by atoms with Crippen LogP contribution in [0.5, 0.6) is 5.75 Å². The molecule has 0 atom stereocenters. The summed E-state index contributed by atoms with van der Waals surface area (Å²) in [6.45, 7) is 6.69. The number of aromatic nitrogens is 2. The van der Waals surface area contributed by atoms with Gasteiger partial charge in [0, 0.05) is 19.6 Å². The van der Waals surface area contributed by atoms with Crippen molar-refractivity contribution in [1.82, 2.24) is 14.9 Å². The van der Waals surface area contributed by atoms with Crippen molar-refractivity contribution in [2.75, 3.05) is 13.1 Å². The van der Waals surface area contributed by atoms with Crippen molar-refractivity contribution in [1.29, 1.82) is 0 Å². The monoisotopic (exact) mass is 341 g/mol. The highest BCUT2D eigenvalue weighted by Gasteiger charge is 2.21. The summed E-state index contributed by atoms with van der Waals surface area (Å²) in [6.07, 6.45) is 5.02. The molecular weight excluding hydrogens is 318 g/mol. The smallest absolute Gasteiger partial charge is 0.356 e. The number of likely N-dealkylation sites (tertiary alicyclic amines) is 1. The molecule has 3 rings (SSSR count). The third-order valence-corrected chi connectivity index (χ3v) is 4.48. The van der Waals surface area contributed by atoms with Crippen LogP contribution in [0.25, 0.3) is 0 Å². The van der Waals surface area contributed by atoms with Crippen LogP contribution in [0.4, 0.5) is 0 Å². The highest BCUT2D eigenvalue weighted by Crippen LogP contribution is 2.24. The number of aromatic carboxylic acids is 1. The minimum Gasteiger partial charge on any atom is -0.490 e. The van der Waals surface area contributed by atoms with Gasteiger partial charge in [-0.2, -0.15) is 0 Å². The molecule has 1 saturated heterocycles. The lowest BCUT2D eigenvalue weighted by Crippen LogP contribution is -2.38. The molecular formula is C19H23N3O3. The van der Waals surface area contributed by atoms with Gasteiger partial charge >= 0.3 is 5.97 Å². The van der Waals surface area contributed by atoms with Gasteiger partial charge in [-0.3, -0.25) is 9.88 Å². The van der Waals surface area contributed by atoms with Crippen molar-refractivity contribution < 1.29 is 14.6 Å². The second kappa shape index (κ2) is 7.61. The van der Waals surface area contributed by atoms with Crippen molar-refractivity contribution in [2.24, 2.45) is 0 Å². The predicted octanol–water partition coefficient (Wildman–Crippen LogP) is 2.84. The largest absolute Gasteiger partial charge is 0.490 e. The topological polar surface area (TPSA) is 75.5 Å². The summed E-state index contributed by atoms with van der Waals surface area (Å²) >= 11 is 0. The molecule has 2 heterocycles. The third kappa shape index (κ3) is 4.54. The van der Waals surface area contributed by atoms with Crippen LogP contribution in [0.1, 0.15) is 40.2 Å². The summed E-state index contributed by atoms with van der Waals surface area (Å²) in [4.78, 5) is 21.2. The van der Waals surface area contributed by atoms with E-state index in [1.807, 2.05) is 0 Å². The second-order valence-electron chi connectivity index (χ2n) is 6.56. The molecule has 2 aromatic rings. The number of hydrogen-bond acceptors (Lipinski definition) is 5. The van der Waals surface area contributed by atoms with Crippen molar-refractivity contribution in [2.45, 2.75) is 39.3 Å². The maximum Gasteiger partial charge on any atom is 0.356 e. The SMILES string of the molecule is Cc1ccc(C)c(OC2CCN(Cc3cnc(C(=O)O)cn3)CC2)c1. The van der Waals surface area contributed by atoms with Gasteiger partial charge in [0.2, 0.25) is 0 Å². The van der Waals surface area contributed by atoms with E-state index in [-0.39, 0.29) is 11.8 Å². The molecule has 1 fully saturated rings. The van der Waals surface area contributed by atoms with Crippen LogP contribution in [0, 0.1) is 13.8 Å². The molecule has 132 valence electrons. The van der Waals surface area contributed by atoms with E-state index in [4.69, 9.17) is 9.84 Å². The first-order valence-corrected chi connectivity index (χ1v) is 8.52. The number of piperidine rings is 1. The molecule has 0 aliphatic carbocycles. The van der Waals surface area contributed by atoms with Gasteiger partial charge in [0.1, 0.15) is 11.9 Å². The van der Waals surface area contributed by atoms with Crippen LogP contribution in [-0.2, 0) is 6.54 Å². The lowest BCUT2D eigenvalue weighted by molar-refractivity contribution is 0.0689. The first kappa shape index (κ1) is 17.4. The standard InChI is InChI=1S/C19H23N3O3/c1-13-3-4-14(2)18(9-13)25-16-5-7-22(8-6-16)12-15-10-21-17(11-20-15)19(23)24/h3-4,9-11,16H,5-8,12H2,1-2H3,(H,23,24). The van der Waals surface area contributed by atoms with E-state index in [1.165, 1.54) is 17.3 Å². The van der Waals surface area contributed by atoms with Gasteiger partial charge in [-0.15, -0.1) is 0 Å². The summed E-state index contributed by atoms with van der Waals surface area (Å²) in [7, 11) is 0. The van der Waals surface area contributed by atoms with E-state index in [9.17, 15) is 4.79 Å². The summed E-state index contributed by atoms with van der Waals surface area (Å²) in [5.74, 6) is -0.0722. The highest BCUT2D eigenvalue weighted by molar-refractivity contribution is 5.84. The molecule has 25 heavy (non-hydrogen) atoms. The van der Waals surface area contributed by atoms with Crippen LogP contribution in [0.3, 0.4) is 0 Å². The fourth-order valence-corrected chi connectivity index (χ4v) is 2.98. The number of rotatable bonds is 5. The molecule has 6 heteroatoms. The van der Waals surface area contributed by atoms with E-state index < -0.39 is 5.97 Å². The lowest BCUT2D eigenvalue weighted by Gasteiger charge is -2.32. The Kier molecular flexibility index (Phi) is 5.28. The summed E-state index contributed by atoms with van der Waals surface area (Å²) < 4.78 is 6.19. The Morgan fingerprint density at radius 3 is 2.64 bits per heavy atom. The minimum atomic E-state index is -1.05. The number of carboxylic acids is 1. The van der Waals surface area contributed by atoms with Gasteiger partial charge in [-0.1, -0.05) is 12.1 Å². The molecule has 6 nitrogen and oxygen atoms in total. The van der Waals surface area contributed by atoms with Gasteiger partial charge in [0.05, 0.1) is 18.1 Å². The fourth-order valence-electron chi connectivity index (χ4n) is 2.98. The van der Waals surface area contributed by atoms with Crippen LogP contribution < -0.4 is 4.74 Å². The third-order valence-electron chi connectivity index (χ3n) is 4.48. The maximum atomic E-state index is 10.8. The Balaban J connectivity index is 1.51. The molecule has 1 N–H and O–H groups in total. The zero-order chi connectivity index (χ0) is 17.8. The van der Waals surface area contributed by atoms with E-state index in [0.717, 1.165) is 37.4 Å². The van der Waals surface area contributed by atoms with E-state index in [2.05, 4.69) is 46.9 Å². The van der Waals surface area contributed by atoms with Gasteiger partial charge in [0.25, 0.3) is 0 Å². The number of carbonyl (C=O) groups is 1. The van der Waals surface area contributed by atoms with Crippen LogP contribution in [-0.4, -0.2) is 45.1 Å². The van der Waals surface area contributed by atoms with E-state index >= 15 is 0 Å². The average molecular weight is 341 g/mol. The molecule has 0 amide bonds. The zero-order valence-corrected chi connectivity index (χ0v) is 14.6. The average Bonchev–Trinajstić information content (AvgIpc) is 2.60. The molecule has 1 aromatic heterocycles. The van der Waals surface area contributed by atoms with E-state index in [1.54, 1.807) is 6.20 Å². The number of nitrogens with zero attached hydrogens (tertiary/aromatic N) is 3. The predicted molar refractivity (Wildman–Crippen MR) is 93.8 cm³/mol. The van der Waals surface area contributed by atoms with Crippen molar-refractivity contribution >= 4 is 5.97 Å². The quantitative estimate of drug-likeness (QED) is 0.901. The Morgan fingerprint density at radius 1 is 1.24 bits per heavy atom. The van der Waals surface area contributed by atoms with Crippen LogP contribution in [0.2, 0.25) is 0 Å². The Morgan fingerprint density at radius 2 is 2.00 bits per heavy atom. The number of benzene rings is 1. The molecule has 0 saturated carbocycles. The maximum absolute atomic E-state index is 10.8. The second-order valence-corrected chi connectivity index (χ2v) is 6.56. The van der Waals surface area contributed by atoms with Gasteiger partial charge in [0.15, 0.2) is 5.69 Å². The fraction of sp³-hybridized carbons (Fsp3) is 0.421. The molecule has 0 spiro atoms. The number of hydrogen-bond donors (Lipinski definition) is 1. The summed E-state index contributed by atoms with van der Waals surface area (Å²) in [5, 5.41) is 8.86. The van der Waals surface area contributed by atoms with Crippen molar-refractivity contribution in [3.8, 4) is 5.75 Å². The van der Waals surface area contributed by atoms with Crippen LogP contribution in [0.15, 0.2) is 30.6 Å².